The second kappa shape index (κ2) is 4.38. The zero-order valence-corrected chi connectivity index (χ0v) is 10.00. The number of benzene rings is 1. The third-order valence-electron chi connectivity index (χ3n) is 4.47. The van der Waals surface area contributed by atoms with Crippen LogP contribution in [0.4, 0.5) is 0 Å². The molecule has 0 N–H and O–H groups in total. The van der Waals surface area contributed by atoms with Crippen LogP contribution < -0.4 is 0 Å². The van der Waals surface area contributed by atoms with Crippen LogP contribution in [0.15, 0.2) is 30.3 Å². The summed E-state index contributed by atoms with van der Waals surface area (Å²) in [5, 5.41) is 0. The lowest BCUT2D eigenvalue weighted by atomic mass is 9.79. The van der Waals surface area contributed by atoms with Gasteiger partial charge in [-0.05, 0) is 36.2 Å². The van der Waals surface area contributed by atoms with Gasteiger partial charge in [-0.3, -0.25) is 0 Å². The fraction of sp³-hybridized carbons (Fsp3) is 0.600. The fourth-order valence-electron chi connectivity index (χ4n) is 3.11. The maximum absolute atomic E-state index is 2.36. The lowest BCUT2D eigenvalue weighted by Crippen LogP contribution is -2.13. The average molecular weight is 202 g/mol. The van der Waals surface area contributed by atoms with Crippen LogP contribution in [0.25, 0.3) is 0 Å². The zero-order chi connectivity index (χ0) is 10.7. The van der Waals surface area contributed by atoms with Crippen molar-refractivity contribution in [1.82, 2.24) is 0 Å². The Kier molecular flexibility index (Phi) is 3.14. The summed E-state index contributed by atoms with van der Waals surface area (Å²) in [4.78, 5) is 0. The minimum atomic E-state index is 0.653. The lowest BCUT2D eigenvalue weighted by molar-refractivity contribution is 0.269. The fourth-order valence-corrected chi connectivity index (χ4v) is 3.11. The van der Waals surface area contributed by atoms with Crippen molar-refractivity contribution in [1.29, 1.82) is 0 Å². The van der Waals surface area contributed by atoms with E-state index < -0.39 is 0 Å². The van der Waals surface area contributed by atoms with Crippen LogP contribution in [0.3, 0.4) is 0 Å². The van der Waals surface area contributed by atoms with E-state index in [1.165, 1.54) is 32.1 Å². The van der Waals surface area contributed by atoms with Crippen LogP contribution in [-0.2, 0) is 0 Å². The smallest absolute Gasteiger partial charge is 0.0156 e. The van der Waals surface area contributed by atoms with Gasteiger partial charge in [0.25, 0.3) is 0 Å². The molecule has 0 amide bonds. The maximum atomic E-state index is 2.36. The van der Waals surface area contributed by atoms with Gasteiger partial charge in [0.05, 0.1) is 0 Å². The zero-order valence-electron chi connectivity index (χ0n) is 10.00. The van der Waals surface area contributed by atoms with E-state index >= 15 is 0 Å². The highest BCUT2D eigenvalue weighted by atomic mass is 14.4. The molecule has 15 heavy (non-hydrogen) atoms. The summed E-state index contributed by atoms with van der Waals surface area (Å²) in [6.07, 6.45) is 6.94. The Morgan fingerprint density at radius 2 is 1.80 bits per heavy atom. The van der Waals surface area contributed by atoms with E-state index in [1.807, 2.05) is 0 Å². The topological polar surface area (TPSA) is 0 Å². The maximum Gasteiger partial charge on any atom is -0.0156 e. The highest BCUT2D eigenvalue weighted by molar-refractivity contribution is 5.21. The summed E-state index contributed by atoms with van der Waals surface area (Å²) in [5.41, 5.74) is 2.21. The standard InChI is InChI=1S/C15H22/c1-3-15(4-2)11-10-14(12-15)13-8-6-5-7-9-13/h5-9,14H,3-4,10-12H2,1-2H3. The van der Waals surface area contributed by atoms with Gasteiger partial charge in [0, 0.05) is 0 Å². The summed E-state index contributed by atoms with van der Waals surface area (Å²) in [6, 6.07) is 11.1. The van der Waals surface area contributed by atoms with Crippen molar-refractivity contribution in [3.05, 3.63) is 35.9 Å². The Balaban J connectivity index is 2.10. The Bertz CT molecular complexity index is 295. The SMILES string of the molecule is CCC1(CC)CCC(c2ccccc2)C1. The van der Waals surface area contributed by atoms with Gasteiger partial charge in [-0.2, -0.15) is 0 Å². The molecular formula is C15H22. The van der Waals surface area contributed by atoms with E-state index in [4.69, 9.17) is 0 Å². The van der Waals surface area contributed by atoms with E-state index in [-0.39, 0.29) is 0 Å². The van der Waals surface area contributed by atoms with Crippen molar-refractivity contribution >= 4 is 0 Å². The van der Waals surface area contributed by atoms with Gasteiger partial charge < -0.3 is 0 Å². The van der Waals surface area contributed by atoms with Gasteiger partial charge in [0.2, 0.25) is 0 Å². The summed E-state index contributed by atoms with van der Waals surface area (Å²) in [6.45, 7) is 4.72. The Morgan fingerprint density at radius 1 is 1.13 bits per heavy atom. The first-order chi connectivity index (χ1) is 7.29. The number of hydrogen-bond donors (Lipinski definition) is 0. The molecule has 0 spiro atoms. The molecule has 0 aromatic heterocycles. The second-order valence-electron chi connectivity index (χ2n) is 5.06. The normalized spacial score (nSPS) is 24.3. The van der Waals surface area contributed by atoms with E-state index in [0.717, 1.165) is 5.92 Å². The Labute approximate surface area is 93.7 Å². The molecule has 0 nitrogen and oxygen atoms in total. The van der Waals surface area contributed by atoms with Crippen molar-refractivity contribution in [3.63, 3.8) is 0 Å². The Hall–Kier alpha value is -0.780. The van der Waals surface area contributed by atoms with Crippen LogP contribution in [-0.4, -0.2) is 0 Å². The van der Waals surface area contributed by atoms with Gasteiger partial charge in [-0.15, -0.1) is 0 Å². The molecule has 0 heterocycles. The molecule has 0 saturated heterocycles. The molecule has 0 bridgehead atoms. The van der Waals surface area contributed by atoms with Gasteiger partial charge in [0.1, 0.15) is 0 Å². The highest BCUT2D eigenvalue weighted by Crippen LogP contribution is 2.50. The lowest BCUT2D eigenvalue weighted by Gasteiger charge is -2.26. The van der Waals surface area contributed by atoms with Crippen LogP contribution in [0.2, 0.25) is 0 Å². The van der Waals surface area contributed by atoms with Gasteiger partial charge in [-0.25, -0.2) is 0 Å². The van der Waals surface area contributed by atoms with Crippen LogP contribution in [0.1, 0.15) is 57.4 Å². The van der Waals surface area contributed by atoms with Crippen molar-refractivity contribution < 1.29 is 0 Å². The van der Waals surface area contributed by atoms with Gasteiger partial charge in [-0.1, -0.05) is 57.0 Å². The van der Waals surface area contributed by atoms with Crippen molar-refractivity contribution in [2.75, 3.05) is 0 Å². The van der Waals surface area contributed by atoms with E-state index in [0.29, 0.717) is 5.41 Å². The minimum Gasteiger partial charge on any atom is -0.0649 e. The second-order valence-corrected chi connectivity index (χ2v) is 5.06. The summed E-state index contributed by atoms with van der Waals surface area (Å²) < 4.78 is 0. The summed E-state index contributed by atoms with van der Waals surface area (Å²) >= 11 is 0. The molecule has 1 aliphatic carbocycles. The first-order valence-electron chi connectivity index (χ1n) is 6.34. The van der Waals surface area contributed by atoms with E-state index in [2.05, 4.69) is 44.2 Å². The molecule has 0 heteroatoms. The molecule has 1 fully saturated rings. The summed E-state index contributed by atoms with van der Waals surface area (Å²) in [7, 11) is 0. The predicted molar refractivity (Wildman–Crippen MR) is 66.0 cm³/mol. The quantitative estimate of drug-likeness (QED) is 0.663. The molecule has 1 unspecified atom stereocenters. The number of rotatable bonds is 3. The first-order valence-corrected chi connectivity index (χ1v) is 6.34. The molecular weight excluding hydrogens is 180 g/mol. The highest BCUT2D eigenvalue weighted by Gasteiger charge is 2.36. The summed E-state index contributed by atoms with van der Waals surface area (Å²) in [5.74, 6) is 0.825. The van der Waals surface area contributed by atoms with Crippen molar-refractivity contribution in [3.8, 4) is 0 Å². The molecule has 1 aliphatic rings. The molecule has 0 radical (unpaired) electrons. The average Bonchev–Trinajstić information content (AvgIpc) is 2.75. The molecule has 1 atom stereocenters. The first kappa shape index (κ1) is 10.7. The molecule has 1 aromatic carbocycles. The molecule has 2 rings (SSSR count). The molecule has 82 valence electrons. The third kappa shape index (κ3) is 2.09. The van der Waals surface area contributed by atoms with Crippen LogP contribution in [0.5, 0.6) is 0 Å². The van der Waals surface area contributed by atoms with E-state index in [1.54, 1.807) is 5.56 Å². The van der Waals surface area contributed by atoms with Crippen LogP contribution >= 0.6 is 0 Å². The third-order valence-corrected chi connectivity index (χ3v) is 4.47. The van der Waals surface area contributed by atoms with Crippen molar-refractivity contribution in [2.45, 2.75) is 51.9 Å². The molecule has 1 aromatic rings. The molecule has 0 aliphatic heterocycles. The van der Waals surface area contributed by atoms with E-state index in [9.17, 15) is 0 Å². The van der Waals surface area contributed by atoms with Gasteiger partial charge in [0.15, 0.2) is 0 Å². The minimum absolute atomic E-state index is 0.653. The van der Waals surface area contributed by atoms with Crippen molar-refractivity contribution in [2.24, 2.45) is 5.41 Å². The predicted octanol–water partition coefficient (Wildman–Crippen LogP) is 4.76. The largest absolute Gasteiger partial charge is 0.0649 e. The van der Waals surface area contributed by atoms with Gasteiger partial charge >= 0.3 is 0 Å². The monoisotopic (exact) mass is 202 g/mol. The number of hydrogen-bond acceptors (Lipinski definition) is 0. The Morgan fingerprint density at radius 3 is 2.33 bits per heavy atom. The molecule has 1 saturated carbocycles. The van der Waals surface area contributed by atoms with Crippen LogP contribution in [0, 0.1) is 5.41 Å².